The summed E-state index contributed by atoms with van der Waals surface area (Å²) in [6, 6.07) is 14.9. The van der Waals surface area contributed by atoms with E-state index in [1.165, 1.54) is 11.1 Å². The Morgan fingerprint density at radius 3 is 2.55 bits per heavy atom. The van der Waals surface area contributed by atoms with Crippen molar-refractivity contribution in [3.05, 3.63) is 76.5 Å². The lowest BCUT2D eigenvalue weighted by Crippen LogP contribution is -2.49. The fraction of sp³-hybridized carbons (Fsp3) is 0.385. The quantitative estimate of drug-likeness (QED) is 0.630. The predicted octanol–water partition coefficient (Wildman–Crippen LogP) is 3.70. The molecule has 4 rings (SSSR count). The summed E-state index contributed by atoms with van der Waals surface area (Å²) in [4.78, 5) is 27.9. The Kier molecular flexibility index (Phi) is 6.99. The molecular weight excluding hydrogens is 418 g/mol. The van der Waals surface area contributed by atoms with Crippen molar-refractivity contribution in [3.63, 3.8) is 0 Å². The summed E-state index contributed by atoms with van der Waals surface area (Å²) in [5.74, 6) is 0.313. The van der Waals surface area contributed by atoms with Crippen LogP contribution >= 0.6 is 0 Å². The van der Waals surface area contributed by atoms with E-state index in [2.05, 4.69) is 33.7 Å². The summed E-state index contributed by atoms with van der Waals surface area (Å²) >= 11 is 0. The maximum absolute atomic E-state index is 13.0. The average molecular weight is 450 g/mol. The van der Waals surface area contributed by atoms with E-state index in [1.807, 2.05) is 44.2 Å². The molecule has 0 aliphatic carbocycles. The molecule has 2 heterocycles. The lowest BCUT2D eigenvalue weighted by molar-refractivity contribution is -0.139. The third-order valence-electron chi connectivity index (χ3n) is 5.83. The van der Waals surface area contributed by atoms with Crippen molar-refractivity contribution >= 4 is 12.0 Å². The minimum absolute atomic E-state index is 0.0608. The zero-order valence-electron chi connectivity index (χ0n) is 19.4. The van der Waals surface area contributed by atoms with Crippen LogP contribution in [0.25, 0.3) is 0 Å². The maximum atomic E-state index is 13.0. The van der Waals surface area contributed by atoms with Crippen LogP contribution in [0.2, 0.25) is 0 Å². The molecule has 0 saturated carbocycles. The fourth-order valence-electron chi connectivity index (χ4n) is 4.37. The SMILES string of the molecule is CCOC(=O)C1=C(CN2CCc3ccccc3C2)NC(=O)NC1c1ccc(OC(C)C)cc1. The van der Waals surface area contributed by atoms with Gasteiger partial charge in [-0.3, -0.25) is 4.90 Å². The van der Waals surface area contributed by atoms with E-state index in [0.717, 1.165) is 30.8 Å². The van der Waals surface area contributed by atoms with Gasteiger partial charge in [-0.2, -0.15) is 0 Å². The van der Waals surface area contributed by atoms with Gasteiger partial charge in [0.2, 0.25) is 0 Å². The van der Waals surface area contributed by atoms with Gasteiger partial charge in [0, 0.05) is 25.3 Å². The standard InChI is InChI=1S/C26H31N3O4/c1-4-32-25(30)23-22(16-29-14-13-18-7-5-6-8-20(18)15-29)27-26(31)28-24(23)19-9-11-21(12-10-19)33-17(2)3/h5-12,17,24H,4,13-16H2,1-3H3,(H2,27,28,31). The molecule has 1 atom stereocenters. The molecule has 7 heteroatoms. The number of fused-ring (bicyclic) bond motifs is 1. The van der Waals surface area contributed by atoms with Crippen LogP contribution in [0.3, 0.4) is 0 Å². The van der Waals surface area contributed by atoms with Gasteiger partial charge in [-0.25, -0.2) is 9.59 Å². The summed E-state index contributed by atoms with van der Waals surface area (Å²) in [5.41, 5.74) is 4.45. The normalized spacial score (nSPS) is 18.4. The van der Waals surface area contributed by atoms with Crippen molar-refractivity contribution in [2.45, 2.75) is 45.9 Å². The molecule has 2 amide bonds. The predicted molar refractivity (Wildman–Crippen MR) is 126 cm³/mol. The highest BCUT2D eigenvalue weighted by Gasteiger charge is 2.34. The van der Waals surface area contributed by atoms with E-state index in [4.69, 9.17) is 9.47 Å². The van der Waals surface area contributed by atoms with Gasteiger partial charge in [-0.1, -0.05) is 36.4 Å². The van der Waals surface area contributed by atoms with Crippen molar-refractivity contribution in [3.8, 4) is 5.75 Å². The van der Waals surface area contributed by atoms with Crippen molar-refractivity contribution in [1.82, 2.24) is 15.5 Å². The number of carbonyl (C=O) groups is 2. The molecule has 0 aromatic heterocycles. The summed E-state index contributed by atoms with van der Waals surface area (Å²) in [6.45, 7) is 8.05. The van der Waals surface area contributed by atoms with Gasteiger partial charge in [-0.05, 0) is 56.0 Å². The third-order valence-corrected chi connectivity index (χ3v) is 5.83. The average Bonchev–Trinajstić information content (AvgIpc) is 2.79. The summed E-state index contributed by atoms with van der Waals surface area (Å²) in [7, 11) is 0. The molecule has 0 spiro atoms. The molecule has 174 valence electrons. The van der Waals surface area contributed by atoms with Crippen LogP contribution in [-0.4, -0.2) is 42.7 Å². The largest absolute Gasteiger partial charge is 0.491 e. The van der Waals surface area contributed by atoms with Gasteiger partial charge in [0.05, 0.1) is 24.3 Å². The Labute approximate surface area is 194 Å². The lowest BCUT2D eigenvalue weighted by Gasteiger charge is -2.34. The summed E-state index contributed by atoms with van der Waals surface area (Å²) in [5, 5.41) is 5.77. The first kappa shape index (κ1) is 22.9. The van der Waals surface area contributed by atoms with Gasteiger partial charge >= 0.3 is 12.0 Å². The van der Waals surface area contributed by atoms with E-state index in [1.54, 1.807) is 6.92 Å². The molecule has 0 saturated heterocycles. The molecule has 2 aromatic carbocycles. The van der Waals surface area contributed by atoms with Crippen molar-refractivity contribution in [2.24, 2.45) is 0 Å². The molecule has 0 radical (unpaired) electrons. The van der Waals surface area contributed by atoms with Crippen LogP contribution in [0.4, 0.5) is 4.79 Å². The number of esters is 1. The number of carbonyl (C=O) groups excluding carboxylic acids is 2. The van der Waals surface area contributed by atoms with E-state index < -0.39 is 12.0 Å². The van der Waals surface area contributed by atoms with Crippen molar-refractivity contribution in [2.75, 3.05) is 19.7 Å². The molecule has 2 aromatic rings. The van der Waals surface area contributed by atoms with E-state index in [9.17, 15) is 9.59 Å². The number of nitrogens with zero attached hydrogens (tertiary/aromatic N) is 1. The highest BCUT2D eigenvalue weighted by Crippen LogP contribution is 2.30. The monoisotopic (exact) mass is 449 g/mol. The number of hydrogen-bond donors (Lipinski definition) is 2. The zero-order valence-corrected chi connectivity index (χ0v) is 19.4. The van der Waals surface area contributed by atoms with E-state index >= 15 is 0 Å². The molecule has 0 bridgehead atoms. The molecular formula is C26H31N3O4. The second-order valence-corrected chi connectivity index (χ2v) is 8.61. The number of nitrogens with one attached hydrogen (secondary N) is 2. The Hall–Kier alpha value is -3.32. The van der Waals surface area contributed by atoms with Gasteiger partial charge < -0.3 is 20.1 Å². The molecule has 33 heavy (non-hydrogen) atoms. The Morgan fingerprint density at radius 1 is 1.12 bits per heavy atom. The number of rotatable bonds is 7. The highest BCUT2D eigenvalue weighted by molar-refractivity contribution is 5.95. The van der Waals surface area contributed by atoms with Gasteiger partial charge in [-0.15, -0.1) is 0 Å². The Bertz CT molecular complexity index is 1050. The minimum Gasteiger partial charge on any atom is -0.491 e. The zero-order chi connectivity index (χ0) is 23.4. The van der Waals surface area contributed by atoms with Crippen LogP contribution in [0, 0.1) is 0 Å². The van der Waals surface area contributed by atoms with Crippen LogP contribution in [0.5, 0.6) is 5.75 Å². The molecule has 2 aliphatic heterocycles. The van der Waals surface area contributed by atoms with Gasteiger partial charge in [0.1, 0.15) is 5.75 Å². The van der Waals surface area contributed by atoms with Crippen LogP contribution in [0.1, 0.15) is 43.5 Å². The number of urea groups is 1. The molecule has 2 N–H and O–H groups in total. The van der Waals surface area contributed by atoms with Crippen LogP contribution < -0.4 is 15.4 Å². The Balaban J connectivity index is 1.64. The maximum Gasteiger partial charge on any atom is 0.338 e. The van der Waals surface area contributed by atoms with Crippen molar-refractivity contribution in [1.29, 1.82) is 0 Å². The topological polar surface area (TPSA) is 79.9 Å². The van der Waals surface area contributed by atoms with Gasteiger partial charge in [0.15, 0.2) is 0 Å². The Morgan fingerprint density at radius 2 is 1.85 bits per heavy atom. The van der Waals surface area contributed by atoms with E-state index in [0.29, 0.717) is 17.8 Å². The third kappa shape index (κ3) is 5.37. The number of hydrogen-bond acceptors (Lipinski definition) is 5. The second-order valence-electron chi connectivity index (χ2n) is 8.61. The molecule has 7 nitrogen and oxygen atoms in total. The first-order valence-electron chi connectivity index (χ1n) is 11.5. The lowest BCUT2D eigenvalue weighted by atomic mass is 9.94. The fourth-order valence-corrected chi connectivity index (χ4v) is 4.37. The summed E-state index contributed by atoms with van der Waals surface area (Å²) in [6.07, 6.45) is 0.996. The van der Waals surface area contributed by atoms with Crippen LogP contribution in [-0.2, 0) is 22.5 Å². The highest BCUT2D eigenvalue weighted by atomic mass is 16.5. The minimum atomic E-state index is -0.599. The van der Waals surface area contributed by atoms with Gasteiger partial charge in [0.25, 0.3) is 0 Å². The second kappa shape index (κ2) is 10.1. The smallest absolute Gasteiger partial charge is 0.338 e. The van der Waals surface area contributed by atoms with Crippen molar-refractivity contribution < 1.29 is 19.1 Å². The van der Waals surface area contributed by atoms with E-state index in [-0.39, 0.29) is 18.7 Å². The van der Waals surface area contributed by atoms with Crippen LogP contribution in [0.15, 0.2) is 59.8 Å². The molecule has 2 aliphatic rings. The number of benzene rings is 2. The first-order valence-corrected chi connectivity index (χ1v) is 11.5. The first-order chi connectivity index (χ1) is 15.9. The molecule has 1 unspecified atom stereocenters. The number of amides is 2. The summed E-state index contributed by atoms with van der Waals surface area (Å²) < 4.78 is 11.1. The number of ether oxygens (including phenoxy) is 2. The molecule has 0 fully saturated rings.